The Morgan fingerprint density at radius 2 is 2.05 bits per heavy atom. The first-order valence-electron chi connectivity index (χ1n) is 5.91. The summed E-state index contributed by atoms with van der Waals surface area (Å²) in [6.45, 7) is 4.18. The first kappa shape index (κ1) is 16.7. The van der Waals surface area contributed by atoms with E-state index in [1.54, 1.807) is 32.0 Å². The summed E-state index contributed by atoms with van der Waals surface area (Å²) in [5, 5.41) is 11.6. The first-order chi connectivity index (χ1) is 9.35. The number of halogens is 1. The second kappa shape index (κ2) is 6.91. The number of hydrogen-bond acceptors (Lipinski definition) is 4. The lowest BCUT2D eigenvalue weighted by atomic mass is 10.2. The largest absolute Gasteiger partial charge is 0.409 e. The highest BCUT2D eigenvalue weighted by Gasteiger charge is 2.20. The molecule has 1 rings (SSSR count). The molecule has 0 saturated carbocycles. The average molecular weight is 365 g/mol. The third kappa shape index (κ3) is 3.84. The average Bonchev–Trinajstić information content (AvgIpc) is 2.38. The van der Waals surface area contributed by atoms with Crippen molar-refractivity contribution in [3.05, 3.63) is 28.2 Å². The lowest BCUT2D eigenvalue weighted by molar-refractivity contribution is 0.318. The van der Waals surface area contributed by atoms with Gasteiger partial charge in [0.25, 0.3) is 0 Å². The Balaban J connectivity index is 3.24. The molecule has 0 bridgehead atoms. The summed E-state index contributed by atoms with van der Waals surface area (Å²) in [6.07, 6.45) is 0. The van der Waals surface area contributed by atoms with Crippen LogP contribution in [0.5, 0.6) is 0 Å². The second-order valence-corrected chi connectivity index (χ2v) is 6.45. The van der Waals surface area contributed by atoms with Gasteiger partial charge in [0.05, 0.1) is 5.69 Å². The van der Waals surface area contributed by atoms with E-state index in [1.165, 1.54) is 4.31 Å². The summed E-state index contributed by atoms with van der Waals surface area (Å²) in [5.74, 6) is -0.172. The number of oxime groups is 1. The number of hydrogen-bond donors (Lipinski definition) is 3. The lowest BCUT2D eigenvalue weighted by Crippen LogP contribution is -2.36. The molecule has 0 radical (unpaired) electrons. The Kier molecular flexibility index (Phi) is 5.78. The maximum Gasteiger partial charge on any atom is 0.301 e. The summed E-state index contributed by atoms with van der Waals surface area (Å²) in [5.41, 5.74) is 6.08. The number of benzene rings is 1. The van der Waals surface area contributed by atoms with E-state index < -0.39 is 10.2 Å². The zero-order valence-electron chi connectivity index (χ0n) is 11.2. The molecule has 9 heteroatoms. The highest BCUT2D eigenvalue weighted by atomic mass is 79.9. The van der Waals surface area contributed by atoms with Crippen molar-refractivity contribution in [3.8, 4) is 0 Å². The third-order valence-electron chi connectivity index (χ3n) is 2.65. The first-order valence-corrected chi connectivity index (χ1v) is 8.14. The Hall–Kier alpha value is -1.32. The molecule has 0 atom stereocenters. The van der Waals surface area contributed by atoms with Crippen LogP contribution >= 0.6 is 15.9 Å². The van der Waals surface area contributed by atoms with E-state index in [2.05, 4.69) is 25.8 Å². The van der Waals surface area contributed by atoms with Crippen molar-refractivity contribution in [2.75, 3.05) is 17.8 Å². The number of nitrogens with one attached hydrogen (secondary N) is 1. The Morgan fingerprint density at radius 1 is 1.45 bits per heavy atom. The molecule has 4 N–H and O–H groups in total. The highest BCUT2D eigenvalue weighted by molar-refractivity contribution is 9.10. The van der Waals surface area contributed by atoms with Crippen molar-refractivity contribution in [3.63, 3.8) is 0 Å². The Morgan fingerprint density at radius 3 is 2.55 bits per heavy atom. The SMILES string of the molecule is CCN(CC)S(=O)(=O)Nc1cc(Br)ccc1/C(N)=N/O. The summed E-state index contributed by atoms with van der Waals surface area (Å²) in [6, 6.07) is 4.77. The lowest BCUT2D eigenvalue weighted by Gasteiger charge is -2.20. The van der Waals surface area contributed by atoms with E-state index in [-0.39, 0.29) is 11.5 Å². The van der Waals surface area contributed by atoms with Crippen LogP contribution in [0.4, 0.5) is 5.69 Å². The van der Waals surface area contributed by atoms with Crippen LogP contribution < -0.4 is 10.5 Å². The van der Waals surface area contributed by atoms with Crippen molar-refractivity contribution < 1.29 is 13.6 Å². The van der Waals surface area contributed by atoms with Crippen molar-refractivity contribution in [2.45, 2.75) is 13.8 Å². The van der Waals surface area contributed by atoms with Crippen molar-refractivity contribution in [1.29, 1.82) is 0 Å². The molecule has 0 unspecified atom stereocenters. The topological polar surface area (TPSA) is 108 Å². The molecule has 1 aromatic rings. The summed E-state index contributed by atoms with van der Waals surface area (Å²) < 4.78 is 28.8. The van der Waals surface area contributed by atoms with E-state index >= 15 is 0 Å². The molecule has 0 fully saturated rings. The number of rotatable bonds is 6. The normalized spacial score (nSPS) is 12.7. The standard InChI is InChI=1S/C11H17BrN4O3S/c1-3-16(4-2)20(18,19)15-10-7-8(12)5-6-9(10)11(13)14-17/h5-7,15,17H,3-4H2,1-2H3,(H2,13,14). The molecule has 0 aromatic heterocycles. The van der Waals surface area contributed by atoms with Gasteiger partial charge >= 0.3 is 10.2 Å². The Bertz CT molecular complexity index is 600. The monoisotopic (exact) mass is 364 g/mol. The zero-order valence-corrected chi connectivity index (χ0v) is 13.6. The van der Waals surface area contributed by atoms with E-state index in [1.807, 2.05) is 0 Å². The fourth-order valence-electron chi connectivity index (χ4n) is 1.65. The number of nitrogens with zero attached hydrogens (tertiary/aromatic N) is 2. The van der Waals surface area contributed by atoms with Gasteiger partial charge in [-0.1, -0.05) is 34.9 Å². The Labute approximate surface area is 126 Å². The molecule has 20 heavy (non-hydrogen) atoms. The summed E-state index contributed by atoms with van der Waals surface area (Å²) in [7, 11) is -3.69. The molecule has 0 aliphatic carbocycles. The van der Waals surface area contributed by atoms with E-state index in [4.69, 9.17) is 10.9 Å². The van der Waals surface area contributed by atoms with Crippen molar-refractivity contribution in [2.24, 2.45) is 10.9 Å². The fourth-order valence-corrected chi connectivity index (χ4v) is 3.26. The molecule has 112 valence electrons. The molecule has 0 spiro atoms. The molecular weight excluding hydrogens is 348 g/mol. The molecule has 0 heterocycles. The number of nitrogens with two attached hydrogens (primary N) is 1. The van der Waals surface area contributed by atoms with Crippen molar-refractivity contribution in [1.82, 2.24) is 4.31 Å². The van der Waals surface area contributed by atoms with Gasteiger partial charge in [-0.25, -0.2) is 0 Å². The molecular formula is C11H17BrN4O3S. The van der Waals surface area contributed by atoms with Gasteiger partial charge in [0.2, 0.25) is 0 Å². The van der Waals surface area contributed by atoms with Gasteiger partial charge in [-0.15, -0.1) is 0 Å². The number of anilines is 1. The summed E-state index contributed by atoms with van der Waals surface area (Å²) >= 11 is 3.25. The maximum absolute atomic E-state index is 12.2. The van der Waals surface area contributed by atoms with Gasteiger partial charge in [-0.3, -0.25) is 4.72 Å². The van der Waals surface area contributed by atoms with Crippen LogP contribution in [0.1, 0.15) is 19.4 Å². The highest BCUT2D eigenvalue weighted by Crippen LogP contribution is 2.23. The van der Waals surface area contributed by atoms with Gasteiger partial charge in [-0.05, 0) is 18.2 Å². The van der Waals surface area contributed by atoms with Gasteiger partial charge in [0.1, 0.15) is 0 Å². The van der Waals surface area contributed by atoms with Gasteiger partial charge in [0, 0.05) is 23.1 Å². The van der Waals surface area contributed by atoms with E-state index in [0.717, 1.165) is 0 Å². The van der Waals surface area contributed by atoms with E-state index in [0.29, 0.717) is 23.1 Å². The molecule has 7 nitrogen and oxygen atoms in total. The minimum atomic E-state index is -3.69. The van der Waals surface area contributed by atoms with Crippen LogP contribution in [-0.2, 0) is 10.2 Å². The molecule has 0 amide bonds. The van der Waals surface area contributed by atoms with Crippen LogP contribution in [0.25, 0.3) is 0 Å². The zero-order chi connectivity index (χ0) is 15.3. The smallest absolute Gasteiger partial charge is 0.301 e. The summed E-state index contributed by atoms with van der Waals surface area (Å²) in [4.78, 5) is 0. The third-order valence-corrected chi connectivity index (χ3v) is 4.82. The number of amidine groups is 1. The van der Waals surface area contributed by atoms with Crippen LogP contribution in [0.3, 0.4) is 0 Å². The maximum atomic E-state index is 12.2. The minimum Gasteiger partial charge on any atom is -0.409 e. The van der Waals surface area contributed by atoms with Gasteiger partial charge < -0.3 is 10.9 Å². The molecule has 0 aliphatic heterocycles. The van der Waals surface area contributed by atoms with Crippen LogP contribution in [0.15, 0.2) is 27.8 Å². The van der Waals surface area contributed by atoms with Crippen molar-refractivity contribution >= 4 is 37.7 Å². The minimum absolute atomic E-state index is 0.172. The van der Waals surface area contributed by atoms with Crippen LogP contribution in [0, 0.1) is 0 Å². The second-order valence-electron chi connectivity index (χ2n) is 3.87. The van der Waals surface area contributed by atoms with E-state index in [9.17, 15) is 8.42 Å². The fraction of sp³-hybridized carbons (Fsp3) is 0.364. The quantitative estimate of drug-likeness (QED) is 0.308. The van der Waals surface area contributed by atoms with Crippen LogP contribution in [-0.4, -0.2) is 36.9 Å². The van der Waals surface area contributed by atoms with Gasteiger partial charge in [0.15, 0.2) is 5.84 Å². The molecule has 0 saturated heterocycles. The predicted molar refractivity (Wildman–Crippen MR) is 82.1 cm³/mol. The predicted octanol–water partition coefficient (Wildman–Crippen LogP) is 1.54. The van der Waals surface area contributed by atoms with Gasteiger partial charge in [-0.2, -0.15) is 12.7 Å². The molecule has 0 aliphatic rings. The van der Waals surface area contributed by atoms with Crippen LogP contribution in [0.2, 0.25) is 0 Å². The molecule has 1 aromatic carbocycles.